The molecule has 0 amide bonds. The monoisotopic (exact) mass is 326 g/mol. The highest BCUT2D eigenvalue weighted by molar-refractivity contribution is 5.26. The maximum atomic E-state index is 5.43. The fourth-order valence-electron chi connectivity index (χ4n) is 3.81. The van der Waals surface area contributed by atoms with Gasteiger partial charge in [0.1, 0.15) is 0 Å². The molecule has 128 valence electrons. The SMILES string of the molecule is Cc1ccccc1CC1CN(Cc2cn(CC3CCOC3)nn2)C1. The lowest BCUT2D eigenvalue weighted by Crippen LogP contribution is -2.46. The number of nitrogens with zero attached hydrogens (tertiary/aromatic N) is 4. The highest BCUT2D eigenvalue weighted by Crippen LogP contribution is 2.23. The van der Waals surface area contributed by atoms with Crippen LogP contribution < -0.4 is 0 Å². The van der Waals surface area contributed by atoms with E-state index in [0.717, 1.165) is 57.4 Å². The summed E-state index contributed by atoms with van der Waals surface area (Å²) in [5.41, 5.74) is 3.99. The number of likely N-dealkylation sites (tertiary alicyclic amines) is 1. The number of hydrogen-bond acceptors (Lipinski definition) is 4. The van der Waals surface area contributed by atoms with E-state index in [4.69, 9.17) is 4.74 Å². The van der Waals surface area contributed by atoms with Gasteiger partial charge in [0.05, 0.1) is 12.3 Å². The molecule has 0 radical (unpaired) electrons. The molecule has 5 nitrogen and oxygen atoms in total. The van der Waals surface area contributed by atoms with Gasteiger partial charge in [0.15, 0.2) is 0 Å². The van der Waals surface area contributed by atoms with Gasteiger partial charge in [-0.3, -0.25) is 9.58 Å². The Labute approximate surface area is 143 Å². The van der Waals surface area contributed by atoms with Crippen LogP contribution in [0.5, 0.6) is 0 Å². The van der Waals surface area contributed by atoms with Crippen molar-refractivity contribution in [1.82, 2.24) is 19.9 Å². The van der Waals surface area contributed by atoms with E-state index in [1.165, 1.54) is 17.5 Å². The number of aryl methyl sites for hydroxylation is 1. The Morgan fingerprint density at radius 3 is 2.88 bits per heavy atom. The first kappa shape index (κ1) is 15.8. The van der Waals surface area contributed by atoms with Crippen LogP contribution in [0.15, 0.2) is 30.5 Å². The highest BCUT2D eigenvalue weighted by Gasteiger charge is 2.27. The predicted molar refractivity (Wildman–Crippen MR) is 92.6 cm³/mol. The largest absolute Gasteiger partial charge is 0.381 e. The zero-order chi connectivity index (χ0) is 16.4. The summed E-state index contributed by atoms with van der Waals surface area (Å²) in [7, 11) is 0. The van der Waals surface area contributed by atoms with Crippen molar-refractivity contribution in [2.75, 3.05) is 26.3 Å². The van der Waals surface area contributed by atoms with Gasteiger partial charge in [-0.05, 0) is 36.8 Å². The third-order valence-electron chi connectivity index (χ3n) is 5.24. The van der Waals surface area contributed by atoms with Crippen molar-refractivity contribution in [2.24, 2.45) is 11.8 Å². The van der Waals surface area contributed by atoms with Crippen LogP contribution in [0.2, 0.25) is 0 Å². The molecule has 1 aromatic carbocycles. The smallest absolute Gasteiger partial charge is 0.0967 e. The highest BCUT2D eigenvalue weighted by atomic mass is 16.5. The molecule has 1 unspecified atom stereocenters. The van der Waals surface area contributed by atoms with E-state index in [-0.39, 0.29) is 0 Å². The van der Waals surface area contributed by atoms with E-state index in [1.54, 1.807) is 0 Å². The van der Waals surface area contributed by atoms with Gasteiger partial charge in [-0.15, -0.1) is 5.10 Å². The average molecular weight is 326 g/mol. The van der Waals surface area contributed by atoms with Crippen LogP contribution in [-0.2, 0) is 24.2 Å². The van der Waals surface area contributed by atoms with Crippen molar-refractivity contribution >= 4 is 0 Å². The molecular formula is C19H26N4O. The summed E-state index contributed by atoms with van der Waals surface area (Å²) in [6.07, 6.45) is 4.44. The van der Waals surface area contributed by atoms with E-state index >= 15 is 0 Å². The first-order chi connectivity index (χ1) is 11.8. The minimum absolute atomic E-state index is 0.599. The van der Waals surface area contributed by atoms with Crippen molar-refractivity contribution < 1.29 is 4.74 Å². The number of hydrogen-bond donors (Lipinski definition) is 0. The average Bonchev–Trinajstić information content (AvgIpc) is 3.20. The molecular weight excluding hydrogens is 300 g/mol. The van der Waals surface area contributed by atoms with E-state index in [0.29, 0.717) is 5.92 Å². The van der Waals surface area contributed by atoms with Gasteiger partial charge in [0, 0.05) is 44.9 Å². The molecule has 24 heavy (non-hydrogen) atoms. The predicted octanol–water partition coefficient (Wildman–Crippen LogP) is 2.30. The van der Waals surface area contributed by atoms with Crippen LogP contribution >= 0.6 is 0 Å². The molecule has 2 aliphatic rings. The van der Waals surface area contributed by atoms with Crippen LogP contribution in [-0.4, -0.2) is 46.2 Å². The fourth-order valence-corrected chi connectivity index (χ4v) is 3.81. The van der Waals surface area contributed by atoms with Gasteiger partial charge in [0.25, 0.3) is 0 Å². The zero-order valence-electron chi connectivity index (χ0n) is 14.4. The van der Waals surface area contributed by atoms with Crippen molar-refractivity contribution in [3.05, 3.63) is 47.3 Å². The normalized spacial score (nSPS) is 22.0. The Hall–Kier alpha value is -1.72. The van der Waals surface area contributed by atoms with Gasteiger partial charge >= 0.3 is 0 Å². The number of aromatic nitrogens is 3. The van der Waals surface area contributed by atoms with Gasteiger partial charge in [-0.25, -0.2) is 0 Å². The summed E-state index contributed by atoms with van der Waals surface area (Å²) in [4.78, 5) is 2.47. The summed E-state index contributed by atoms with van der Waals surface area (Å²) in [5.74, 6) is 1.37. The lowest BCUT2D eigenvalue weighted by molar-refractivity contribution is 0.0910. The van der Waals surface area contributed by atoms with E-state index in [9.17, 15) is 0 Å². The Balaban J connectivity index is 1.23. The summed E-state index contributed by atoms with van der Waals surface area (Å²) in [5, 5.41) is 8.61. The minimum Gasteiger partial charge on any atom is -0.381 e. The van der Waals surface area contributed by atoms with Crippen molar-refractivity contribution in [1.29, 1.82) is 0 Å². The second-order valence-electron chi connectivity index (χ2n) is 7.35. The number of ether oxygens (including phenoxy) is 1. The lowest BCUT2D eigenvalue weighted by atomic mass is 9.90. The van der Waals surface area contributed by atoms with Crippen LogP contribution in [0.3, 0.4) is 0 Å². The molecule has 5 heteroatoms. The fraction of sp³-hybridized carbons (Fsp3) is 0.579. The van der Waals surface area contributed by atoms with Crippen molar-refractivity contribution in [2.45, 2.75) is 32.9 Å². The molecule has 3 heterocycles. The van der Waals surface area contributed by atoms with Gasteiger partial charge in [-0.1, -0.05) is 29.5 Å². The van der Waals surface area contributed by atoms with E-state index < -0.39 is 0 Å². The van der Waals surface area contributed by atoms with Crippen LogP contribution in [0.25, 0.3) is 0 Å². The van der Waals surface area contributed by atoms with Crippen molar-refractivity contribution in [3.63, 3.8) is 0 Å². The molecule has 2 aromatic rings. The van der Waals surface area contributed by atoms with Crippen molar-refractivity contribution in [3.8, 4) is 0 Å². The maximum absolute atomic E-state index is 5.43. The lowest BCUT2D eigenvalue weighted by Gasteiger charge is -2.39. The summed E-state index contributed by atoms with van der Waals surface area (Å²) in [6, 6.07) is 8.73. The Morgan fingerprint density at radius 1 is 1.21 bits per heavy atom. The molecule has 0 saturated carbocycles. The number of benzene rings is 1. The molecule has 0 aliphatic carbocycles. The molecule has 0 N–H and O–H groups in total. The van der Waals surface area contributed by atoms with Crippen LogP contribution in [0.4, 0.5) is 0 Å². The molecule has 2 fully saturated rings. The third-order valence-corrected chi connectivity index (χ3v) is 5.24. The molecule has 0 bridgehead atoms. The second kappa shape index (κ2) is 7.03. The third kappa shape index (κ3) is 3.68. The minimum atomic E-state index is 0.599. The van der Waals surface area contributed by atoms with Gasteiger partial charge in [-0.2, -0.15) is 0 Å². The van der Waals surface area contributed by atoms with Gasteiger partial charge < -0.3 is 4.74 Å². The first-order valence-corrected chi connectivity index (χ1v) is 9.00. The molecule has 2 saturated heterocycles. The quantitative estimate of drug-likeness (QED) is 0.817. The molecule has 2 aliphatic heterocycles. The standard InChI is InChI=1S/C19H26N4O/c1-15-4-2-3-5-18(15)8-17-9-22(10-17)12-19-13-23(21-20-19)11-16-6-7-24-14-16/h2-5,13,16-17H,6-12,14H2,1H3. The van der Waals surface area contributed by atoms with Crippen LogP contribution in [0, 0.1) is 18.8 Å². The molecule has 4 rings (SSSR count). The first-order valence-electron chi connectivity index (χ1n) is 9.00. The van der Waals surface area contributed by atoms with E-state index in [2.05, 4.69) is 52.6 Å². The van der Waals surface area contributed by atoms with E-state index in [1.807, 2.05) is 4.68 Å². The Kier molecular flexibility index (Phi) is 4.63. The second-order valence-corrected chi connectivity index (χ2v) is 7.35. The molecule has 1 atom stereocenters. The number of rotatable bonds is 6. The molecule has 0 spiro atoms. The summed E-state index contributed by atoms with van der Waals surface area (Å²) in [6.45, 7) is 8.15. The molecule has 1 aromatic heterocycles. The topological polar surface area (TPSA) is 43.2 Å². The zero-order valence-corrected chi connectivity index (χ0v) is 14.4. The summed E-state index contributed by atoms with van der Waals surface area (Å²) >= 11 is 0. The Morgan fingerprint density at radius 2 is 2.08 bits per heavy atom. The van der Waals surface area contributed by atoms with Crippen LogP contribution in [0.1, 0.15) is 23.2 Å². The van der Waals surface area contributed by atoms with Gasteiger partial charge in [0.2, 0.25) is 0 Å². The maximum Gasteiger partial charge on any atom is 0.0967 e. The Bertz CT molecular complexity index is 672. The summed E-state index contributed by atoms with van der Waals surface area (Å²) < 4.78 is 7.41.